The van der Waals surface area contributed by atoms with Gasteiger partial charge in [-0.05, 0) is 12.1 Å². The van der Waals surface area contributed by atoms with E-state index in [1.807, 2.05) is 12.1 Å². The predicted molar refractivity (Wildman–Crippen MR) is 61.8 cm³/mol. The molecule has 2 N–H and O–H groups in total. The van der Waals surface area contributed by atoms with E-state index in [1.165, 1.54) is 0 Å². The number of nitrogen functional groups attached to an aromatic ring is 1. The molecule has 0 atom stereocenters. The van der Waals surface area contributed by atoms with E-state index < -0.39 is 5.97 Å². The number of fused-ring (bicyclic) bond motifs is 2. The highest BCUT2D eigenvalue weighted by molar-refractivity contribution is 6.08. The Hall–Kier alpha value is -2.30. The van der Waals surface area contributed by atoms with Crippen molar-refractivity contribution in [2.24, 2.45) is 0 Å². The fraction of sp³-hybridized carbons (Fsp3) is 0.167. The molecule has 0 aliphatic carbocycles. The number of methoxy groups -OCH3 is 1. The minimum atomic E-state index is -0.419. The molecule has 3 rings (SSSR count). The molecule has 0 saturated carbocycles. The second-order valence-electron chi connectivity index (χ2n) is 3.78. The van der Waals surface area contributed by atoms with E-state index >= 15 is 0 Å². The number of benzene rings is 1. The monoisotopic (exact) mass is 230 g/mol. The molecule has 0 amide bonds. The molecule has 0 spiro atoms. The van der Waals surface area contributed by atoms with Gasteiger partial charge in [-0.1, -0.05) is 6.07 Å². The molecule has 17 heavy (non-hydrogen) atoms. The fourth-order valence-electron chi connectivity index (χ4n) is 2.07. The number of nitrogens with zero attached hydrogens (tertiary/aromatic N) is 1. The van der Waals surface area contributed by atoms with Crippen LogP contribution in [-0.4, -0.2) is 18.1 Å². The number of pyridine rings is 1. The molecule has 1 aliphatic rings. The fourth-order valence-corrected chi connectivity index (χ4v) is 2.07. The number of aromatic nitrogens is 1. The number of rotatable bonds is 1. The first kappa shape index (κ1) is 9.89. The van der Waals surface area contributed by atoms with Crippen molar-refractivity contribution >= 4 is 22.6 Å². The summed E-state index contributed by atoms with van der Waals surface area (Å²) in [5, 5.41) is 0.660. The molecule has 86 valence electrons. The summed E-state index contributed by atoms with van der Waals surface area (Å²) in [6, 6.07) is 5.45. The molecule has 5 heteroatoms. The highest BCUT2D eigenvalue weighted by Gasteiger charge is 2.28. The molecule has 5 nitrogen and oxygen atoms in total. The van der Waals surface area contributed by atoms with Gasteiger partial charge in [-0.2, -0.15) is 0 Å². The third-order valence-corrected chi connectivity index (χ3v) is 2.85. The lowest BCUT2D eigenvalue weighted by Crippen LogP contribution is -2.03. The Balaban J connectivity index is 2.45. The summed E-state index contributed by atoms with van der Waals surface area (Å²) >= 11 is 0. The maximum absolute atomic E-state index is 11.5. The number of carbonyl (C=O) groups excluding carboxylic acids is 1. The second kappa shape index (κ2) is 3.35. The maximum Gasteiger partial charge on any atom is 0.342 e. The molecular formula is C12H10N2O3. The Morgan fingerprint density at radius 3 is 3.06 bits per heavy atom. The number of nitrogens with two attached hydrogens (primary N) is 1. The molecular weight excluding hydrogens is 220 g/mol. The topological polar surface area (TPSA) is 74.4 Å². The largest absolute Gasteiger partial charge is 0.496 e. The average molecular weight is 230 g/mol. The van der Waals surface area contributed by atoms with Gasteiger partial charge in [0.25, 0.3) is 0 Å². The van der Waals surface area contributed by atoms with Crippen LogP contribution in [0.1, 0.15) is 16.1 Å². The van der Waals surface area contributed by atoms with Crippen molar-refractivity contribution in [2.75, 3.05) is 12.8 Å². The van der Waals surface area contributed by atoms with Crippen LogP contribution < -0.4 is 10.5 Å². The normalized spacial score (nSPS) is 13.6. The zero-order chi connectivity index (χ0) is 12.0. The highest BCUT2D eigenvalue weighted by Crippen LogP contribution is 2.35. The lowest BCUT2D eigenvalue weighted by molar-refractivity contribution is 0.0534. The number of hydrogen-bond donors (Lipinski definition) is 1. The first-order chi connectivity index (χ1) is 8.22. The van der Waals surface area contributed by atoms with Crippen LogP contribution in [0.3, 0.4) is 0 Å². The summed E-state index contributed by atoms with van der Waals surface area (Å²) in [6.07, 6.45) is 0. The van der Waals surface area contributed by atoms with Crippen molar-refractivity contribution in [2.45, 2.75) is 6.61 Å². The summed E-state index contributed by atoms with van der Waals surface area (Å²) in [7, 11) is 1.56. The van der Waals surface area contributed by atoms with E-state index in [2.05, 4.69) is 4.98 Å². The first-order valence-electron chi connectivity index (χ1n) is 5.14. The molecule has 0 fully saturated rings. The van der Waals surface area contributed by atoms with Gasteiger partial charge in [-0.25, -0.2) is 9.78 Å². The summed E-state index contributed by atoms with van der Waals surface area (Å²) < 4.78 is 10.2. The first-order valence-corrected chi connectivity index (χ1v) is 5.14. The summed E-state index contributed by atoms with van der Waals surface area (Å²) in [6.45, 7) is 0.186. The van der Waals surface area contributed by atoms with Gasteiger partial charge in [0, 0.05) is 0 Å². The van der Waals surface area contributed by atoms with Crippen LogP contribution in [0, 0.1) is 0 Å². The van der Waals surface area contributed by atoms with Gasteiger partial charge in [-0.3, -0.25) is 0 Å². The van der Waals surface area contributed by atoms with Crippen molar-refractivity contribution in [1.82, 2.24) is 4.98 Å². The highest BCUT2D eigenvalue weighted by atomic mass is 16.5. The molecule has 2 heterocycles. The standard InChI is InChI=1S/C12H10N2O3/c1-16-8-4-2-3-6-9(8)11(13)10-7(14-6)5-17-12(10)15/h2-4H,5H2,1H3,(H2,13,14). The minimum absolute atomic E-state index is 0.186. The van der Waals surface area contributed by atoms with Gasteiger partial charge in [0.15, 0.2) is 0 Å². The van der Waals surface area contributed by atoms with E-state index in [-0.39, 0.29) is 6.61 Å². The molecule has 0 bridgehead atoms. The van der Waals surface area contributed by atoms with E-state index in [0.717, 1.165) is 0 Å². The van der Waals surface area contributed by atoms with Gasteiger partial charge in [-0.15, -0.1) is 0 Å². The van der Waals surface area contributed by atoms with Crippen molar-refractivity contribution in [3.05, 3.63) is 29.5 Å². The van der Waals surface area contributed by atoms with Gasteiger partial charge in [0.05, 0.1) is 29.4 Å². The number of cyclic esters (lactones) is 1. The van der Waals surface area contributed by atoms with Crippen LogP contribution in [0.2, 0.25) is 0 Å². The zero-order valence-electron chi connectivity index (χ0n) is 9.19. The van der Waals surface area contributed by atoms with Gasteiger partial charge >= 0.3 is 5.97 Å². The number of ether oxygens (including phenoxy) is 2. The summed E-state index contributed by atoms with van der Waals surface area (Å²) in [4.78, 5) is 15.9. The Labute approximate surface area is 97.2 Å². The third-order valence-electron chi connectivity index (χ3n) is 2.85. The van der Waals surface area contributed by atoms with Crippen LogP contribution in [0.4, 0.5) is 5.69 Å². The van der Waals surface area contributed by atoms with E-state index in [4.69, 9.17) is 15.2 Å². The van der Waals surface area contributed by atoms with Crippen molar-refractivity contribution in [1.29, 1.82) is 0 Å². The quantitative estimate of drug-likeness (QED) is 0.751. The molecule has 1 aromatic heterocycles. The van der Waals surface area contributed by atoms with Crippen molar-refractivity contribution in [3.63, 3.8) is 0 Å². The third kappa shape index (κ3) is 1.25. The Bertz CT molecular complexity index is 637. The van der Waals surface area contributed by atoms with Crippen LogP contribution in [0.25, 0.3) is 10.9 Å². The lowest BCUT2D eigenvalue weighted by atomic mass is 10.1. The summed E-state index contributed by atoms with van der Waals surface area (Å²) in [5.41, 5.74) is 8.06. The number of anilines is 1. The summed E-state index contributed by atoms with van der Waals surface area (Å²) in [5.74, 6) is 0.188. The van der Waals surface area contributed by atoms with E-state index in [1.54, 1.807) is 13.2 Å². The van der Waals surface area contributed by atoms with E-state index in [9.17, 15) is 4.79 Å². The van der Waals surface area contributed by atoms with E-state index in [0.29, 0.717) is 33.6 Å². The predicted octanol–water partition coefficient (Wildman–Crippen LogP) is 1.50. The molecule has 2 aromatic rings. The Morgan fingerprint density at radius 1 is 1.47 bits per heavy atom. The van der Waals surface area contributed by atoms with Crippen LogP contribution in [-0.2, 0) is 11.3 Å². The zero-order valence-corrected chi connectivity index (χ0v) is 9.19. The second-order valence-corrected chi connectivity index (χ2v) is 3.78. The maximum atomic E-state index is 11.5. The average Bonchev–Trinajstić information content (AvgIpc) is 2.70. The number of hydrogen-bond acceptors (Lipinski definition) is 5. The number of carbonyl (C=O) groups is 1. The number of esters is 1. The molecule has 1 aliphatic heterocycles. The molecule has 1 aromatic carbocycles. The smallest absolute Gasteiger partial charge is 0.342 e. The lowest BCUT2D eigenvalue weighted by Gasteiger charge is -2.09. The molecule has 0 unspecified atom stereocenters. The van der Waals surface area contributed by atoms with Gasteiger partial charge in [0.2, 0.25) is 0 Å². The van der Waals surface area contributed by atoms with Crippen molar-refractivity contribution < 1.29 is 14.3 Å². The van der Waals surface area contributed by atoms with Crippen LogP contribution in [0.15, 0.2) is 18.2 Å². The van der Waals surface area contributed by atoms with Crippen LogP contribution >= 0.6 is 0 Å². The van der Waals surface area contributed by atoms with Gasteiger partial charge in [0.1, 0.15) is 17.9 Å². The molecule has 0 radical (unpaired) electrons. The van der Waals surface area contributed by atoms with Crippen LogP contribution in [0.5, 0.6) is 5.75 Å². The van der Waals surface area contributed by atoms with Gasteiger partial charge < -0.3 is 15.2 Å². The Kier molecular flexibility index (Phi) is 1.95. The molecule has 0 saturated heterocycles. The minimum Gasteiger partial charge on any atom is -0.496 e. The van der Waals surface area contributed by atoms with Crippen molar-refractivity contribution in [3.8, 4) is 5.75 Å². The SMILES string of the molecule is COc1cccc2nc3c(c(N)c12)C(=O)OC3. The Morgan fingerprint density at radius 2 is 2.29 bits per heavy atom.